The molecule has 4 aliphatic heterocycles. The van der Waals surface area contributed by atoms with Crippen LogP contribution in [0.1, 0.15) is 82.4 Å². The molecule has 0 atom stereocenters. The zero-order chi connectivity index (χ0) is 82.0. The van der Waals surface area contributed by atoms with Gasteiger partial charge < -0.3 is 68.1 Å². The number of hydrogen-bond acceptors (Lipinski definition) is 21. The van der Waals surface area contributed by atoms with E-state index in [0.717, 1.165) is 143 Å². The minimum atomic E-state index is -0.387. The van der Waals surface area contributed by atoms with Crippen molar-refractivity contribution in [2.24, 2.45) is 16.2 Å². The van der Waals surface area contributed by atoms with Crippen molar-refractivity contribution in [1.82, 2.24) is 45.6 Å². The normalized spacial score (nSPS) is 17.0. The van der Waals surface area contributed by atoms with E-state index < -0.39 is 0 Å². The molecule has 7 heterocycles. The molecule has 24 heteroatoms. The van der Waals surface area contributed by atoms with Gasteiger partial charge in [-0.2, -0.15) is 0 Å². The Hall–Kier alpha value is -12.2. The Balaban J connectivity index is 0.000000128. The largest absolute Gasteiger partial charge is 0.493 e. The van der Waals surface area contributed by atoms with E-state index in [1.54, 1.807) is 67.1 Å². The van der Waals surface area contributed by atoms with Gasteiger partial charge in [0.15, 0.2) is 46.1 Å². The number of fused-ring (bicyclic) bond motifs is 7. The van der Waals surface area contributed by atoms with Crippen molar-refractivity contribution in [3.63, 3.8) is 0 Å². The number of hydrogen-bond donors (Lipinski definition) is 3. The third-order valence-corrected chi connectivity index (χ3v) is 24.3. The van der Waals surface area contributed by atoms with Crippen LogP contribution >= 0.6 is 0 Å². The van der Waals surface area contributed by atoms with E-state index in [2.05, 4.69) is 52.2 Å². The Bertz CT molecular complexity index is 5920. The lowest BCUT2D eigenvalue weighted by Crippen LogP contribution is -2.40. The molecule has 3 aliphatic carbocycles. The Morgan fingerprint density at radius 1 is 0.412 bits per heavy atom. The molecule has 4 spiro atoms. The van der Waals surface area contributed by atoms with Crippen LogP contribution in [0.25, 0.3) is 65.0 Å². The number of nitrogens with one attached hydrogen (secondary N) is 3. The lowest BCUT2D eigenvalue weighted by molar-refractivity contribution is -0.182. The van der Waals surface area contributed by atoms with Crippen molar-refractivity contribution < 1.29 is 71.3 Å². The summed E-state index contributed by atoms with van der Waals surface area (Å²) in [7, 11) is 9.77. The smallest absolute Gasteiger partial charge is 0.251 e. The number of pyridine rings is 3. The van der Waals surface area contributed by atoms with Crippen LogP contribution in [-0.2, 0) is 14.3 Å². The lowest BCUT2D eigenvalue weighted by Gasteiger charge is -2.28. The number of amides is 3. The fraction of sp³-hybridized carbons (Fsp3) is 0.337. The fourth-order valence-corrected chi connectivity index (χ4v) is 17.4. The molecule has 3 aromatic heterocycles. The van der Waals surface area contributed by atoms with Crippen LogP contribution in [0, 0.1) is 16.2 Å². The van der Waals surface area contributed by atoms with Crippen molar-refractivity contribution >= 4 is 88.5 Å². The summed E-state index contributed by atoms with van der Waals surface area (Å²) in [6, 6.07) is 50.9. The molecule has 24 nitrogen and oxygen atoms in total. The van der Waals surface area contributed by atoms with Crippen LogP contribution in [0.5, 0.6) is 69.0 Å². The molecule has 7 aliphatic rings. The maximum absolute atomic E-state index is 12.3. The molecule has 0 radical (unpaired) electrons. The molecule has 3 amide bonds. The molecule has 9 aromatic carbocycles. The highest BCUT2D eigenvalue weighted by Gasteiger charge is 2.68. The molecule has 19 rings (SSSR count). The number of ketones is 1. The van der Waals surface area contributed by atoms with Crippen LogP contribution < -0.4 is 58.6 Å². The van der Waals surface area contributed by atoms with E-state index >= 15 is 0 Å². The first kappa shape index (κ1) is 79.3. The fourth-order valence-electron chi connectivity index (χ4n) is 17.4. The molecule has 119 heavy (non-hydrogen) atoms. The van der Waals surface area contributed by atoms with Crippen molar-refractivity contribution in [2.45, 2.75) is 57.2 Å². The van der Waals surface area contributed by atoms with Gasteiger partial charge in [0.25, 0.3) is 17.7 Å². The van der Waals surface area contributed by atoms with Gasteiger partial charge in [-0.1, -0.05) is 48.6 Å². The van der Waals surface area contributed by atoms with Gasteiger partial charge in [0, 0.05) is 153 Å². The van der Waals surface area contributed by atoms with Gasteiger partial charge in [-0.25, -0.2) is 0 Å². The zero-order valence-electron chi connectivity index (χ0n) is 67.9. The second kappa shape index (κ2) is 33.7. The average molecular weight is 1600 g/mol. The number of likely N-dealkylation sites (tertiary alicyclic amines) is 3. The van der Waals surface area contributed by atoms with Crippen LogP contribution in [0.15, 0.2) is 195 Å². The van der Waals surface area contributed by atoms with Crippen molar-refractivity contribution in [1.29, 1.82) is 0 Å². The third kappa shape index (κ3) is 16.4. The zero-order valence-corrected chi connectivity index (χ0v) is 67.9. The molecule has 612 valence electrons. The van der Waals surface area contributed by atoms with Crippen LogP contribution in [0.4, 0.5) is 0 Å². The molecule has 3 N–H and O–H groups in total. The first-order valence-corrected chi connectivity index (χ1v) is 40.8. The number of aromatic nitrogens is 3. The standard InChI is InChI=1S/C33H35N3O6.C31H31N3O5.C31H31N3O4/c1-34-31(37)25-6-3-5-22-17-23(7-8-24(22)25)42-28-9-12-35-27-19-30(29(38-2)18-26(27)28)39-14-4-13-36-20-32(10-11-32)33(21-36)40-15-16-41-33;1-32-30(36)23-6-3-5-20-15-21(7-8-22(20)23)39-26-9-12-33-25-17-28(27(37-2)16-24(25)26)38-14-4-13-34-18-29(35)31(19-34)10-11-31;1-20-18-34(19-31(20)10-11-31)13-14-37-29-17-26-25(16-28(29)36-3)27(9-12-33-26)38-22-7-8-23-21(15-22)5-4-6-24(23)30(35)32-2/h3,5-9,12,17-19H,4,10-11,13-16,20-21H2,1-2H3,(H,34,37);3,5-9,12,15-17H,4,10-11,13-14,18-19H2,1-2H3,(H,32,36);4-9,12,15-17H,1,10-11,13-14,18-19H2,2-3H3,(H,32,35). The summed E-state index contributed by atoms with van der Waals surface area (Å²) in [6.07, 6.45) is 13.9. The van der Waals surface area contributed by atoms with Crippen LogP contribution in [0.2, 0.25) is 0 Å². The summed E-state index contributed by atoms with van der Waals surface area (Å²) in [5.41, 5.74) is 6.04. The highest BCUT2D eigenvalue weighted by Crippen LogP contribution is 2.62. The summed E-state index contributed by atoms with van der Waals surface area (Å²) in [5.74, 6) is 7.37. The van der Waals surface area contributed by atoms with Crippen LogP contribution in [-0.4, -0.2) is 193 Å². The Labute approximate surface area is 689 Å². The van der Waals surface area contributed by atoms with E-state index in [4.69, 9.17) is 52.1 Å². The van der Waals surface area contributed by atoms with E-state index in [1.165, 1.54) is 31.3 Å². The summed E-state index contributed by atoms with van der Waals surface area (Å²) >= 11 is 0. The van der Waals surface area contributed by atoms with Crippen LogP contribution in [0.3, 0.4) is 0 Å². The second-order valence-electron chi connectivity index (χ2n) is 31.8. The van der Waals surface area contributed by atoms with E-state index in [9.17, 15) is 19.2 Å². The van der Waals surface area contributed by atoms with Crippen molar-refractivity contribution in [3.05, 3.63) is 211 Å². The first-order valence-electron chi connectivity index (χ1n) is 40.8. The lowest BCUT2D eigenvalue weighted by atomic mass is 10.00. The van der Waals surface area contributed by atoms with Gasteiger partial charge in [0.1, 0.15) is 41.1 Å². The number of Topliss-reactive ketones (excluding diaryl/α,β-unsaturated/α-hetero) is 1. The van der Waals surface area contributed by atoms with Gasteiger partial charge in [0.2, 0.25) is 0 Å². The highest BCUT2D eigenvalue weighted by atomic mass is 16.7. The topological polar surface area (TPSA) is 254 Å². The van der Waals surface area contributed by atoms with Crippen molar-refractivity contribution in [2.75, 3.05) is 134 Å². The van der Waals surface area contributed by atoms with Gasteiger partial charge in [-0.15, -0.1) is 0 Å². The molecule has 0 bridgehead atoms. The number of carbonyl (C=O) groups is 4. The predicted octanol–water partition coefficient (Wildman–Crippen LogP) is 15.7. The number of methoxy groups -OCH3 is 3. The van der Waals surface area contributed by atoms with Gasteiger partial charge in [-0.05, 0) is 193 Å². The summed E-state index contributed by atoms with van der Waals surface area (Å²) in [5, 5.41) is 15.8. The first-order chi connectivity index (χ1) is 58.0. The predicted molar refractivity (Wildman–Crippen MR) is 456 cm³/mol. The molecule has 4 saturated heterocycles. The second-order valence-corrected chi connectivity index (χ2v) is 31.8. The molecule has 12 aromatic rings. The van der Waals surface area contributed by atoms with Gasteiger partial charge in [0.05, 0.1) is 77.4 Å². The van der Waals surface area contributed by atoms with Gasteiger partial charge >= 0.3 is 0 Å². The highest BCUT2D eigenvalue weighted by molar-refractivity contribution is 6.09. The summed E-state index contributed by atoms with van der Waals surface area (Å²) < 4.78 is 66.6. The minimum absolute atomic E-state index is 0.0186. The number of rotatable bonds is 26. The maximum Gasteiger partial charge on any atom is 0.251 e. The molecule has 7 fully saturated rings. The third-order valence-electron chi connectivity index (χ3n) is 24.3. The summed E-state index contributed by atoms with van der Waals surface area (Å²) in [6.45, 7) is 15.3. The van der Waals surface area contributed by atoms with E-state index in [1.807, 2.05) is 158 Å². The number of benzene rings is 9. The molecular weight excluding hydrogens is 1510 g/mol. The maximum atomic E-state index is 12.3. The number of nitrogens with zero attached hydrogens (tertiary/aromatic N) is 6. The summed E-state index contributed by atoms with van der Waals surface area (Å²) in [4.78, 5) is 69.7. The van der Waals surface area contributed by atoms with Gasteiger partial charge in [-0.3, -0.25) is 48.8 Å². The number of carbonyl (C=O) groups excluding carboxylic acids is 4. The van der Waals surface area contributed by atoms with E-state index in [-0.39, 0.29) is 34.3 Å². The number of ether oxygens (including phenoxy) is 11. The Morgan fingerprint density at radius 3 is 1.18 bits per heavy atom. The Morgan fingerprint density at radius 2 is 0.807 bits per heavy atom. The van der Waals surface area contributed by atoms with E-state index in [0.29, 0.717) is 136 Å². The SMILES string of the molecule is C=C1CN(CCOc2cc3nccc(Oc4ccc5c(C(=O)NC)cccc5c4)c3cc2OC)CC12CC2.CNC(=O)c1cccc2cc(Oc3ccnc4cc(OCCCN5CC(=O)C6(CC6)C5)c(OC)cc34)ccc12.CNC(=O)c1cccc2cc(Oc3ccnc4cc(OCCCN5CC6(CC6)C6(C5)OCCO6)c(OC)cc34)ccc12. The quantitative estimate of drug-likeness (QED) is 0.0336. The Kier molecular flexibility index (Phi) is 22.4. The molecular formula is C95H97N9O15. The monoisotopic (exact) mass is 1600 g/mol. The average Bonchev–Trinajstić information content (AvgIpc) is 1.48. The van der Waals surface area contributed by atoms with Crippen molar-refractivity contribution in [3.8, 4) is 69.0 Å². The molecule has 3 saturated carbocycles. The molecule has 0 unspecified atom stereocenters. The minimum Gasteiger partial charge on any atom is -0.493 e.